The lowest BCUT2D eigenvalue weighted by molar-refractivity contribution is 0.543. The standard InChI is InChI=1S/C15H24F2N2S/c1-11(2)9-18-10-12-7-13(16)15(14(17)8-12)19(3)5-6-20-4/h7-8,11,18H,5-6,9-10H2,1-4H3. The first-order valence-electron chi connectivity index (χ1n) is 6.84. The number of hydrogen-bond donors (Lipinski definition) is 1. The van der Waals surface area contributed by atoms with Gasteiger partial charge < -0.3 is 10.2 Å². The van der Waals surface area contributed by atoms with Crippen molar-refractivity contribution in [3.8, 4) is 0 Å². The average molecular weight is 302 g/mol. The summed E-state index contributed by atoms with van der Waals surface area (Å²) < 4.78 is 28.1. The van der Waals surface area contributed by atoms with E-state index in [1.54, 1.807) is 23.7 Å². The molecule has 0 saturated heterocycles. The normalized spacial score (nSPS) is 11.2. The largest absolute Gasteiger partial charge is 0.369 e. The zero-order valence-electron chi connectivity index (χ0n) is 12.7. The van der Waals surface area contributed by atoms with Crippen LogP contribution in [0.25, 0.3) is 0 Å². The van der Waals surface area contributed by atoms with Gasteiger partial charge in [0.15, 0.2) is 0 Å². The van der Waals surface area contributed by atoms with Crippen LogP contribution < -0.4 is 10.2 Å². The molecule has 0 fully saturated rings. The summed E-state index contributed by atoms with van der Waals surface area (Å²) in [5.41, 5.74) is 0.703. The van der Waals surface area contributed by atoms with Gasteiger partial charge in [-0.05, 0) is 36.4 Å². The Morgan fingerprint density at radius 1 is 1.25 bits per heavy atom. The Morgan fingerprint density at radius 3 is 2.35 bits per heavy atom. The van der Waals surface area contributed by atoms with E-state index in [1.807, 2.05) is 6.26 Å². The quantitative estimate of drug-likeness (QED) is 0.791. The van der Waals surface area contributed by atoms with Crippen LogP contribution in [0.15, 0.2) is 12.1 Å². The molecule has 0 unspecified atom stereocenters. The number of nitrogens with one attached hydrogen (secondary N) is 1. The summed E-state index contributed by atoms with van der Waals surface area (Å²) in [6.45, 7) is 6.13. The Hall–Kier alpha value is -0.810. The monoisotopic (exact) mass is 302 g/mol. The molecule has 1 aromatic rings. The molecule has 0 bridgehead atoms. The van der Waals surface area contributed by atoms with Crippen molar-refractivity contribution in [2.75, 3.05) is 37.0 Å². The fourth-order valence-corrected chi connectivity index (χ4v) is 2.39. The Kier molecular flexibility index (Phi) is 7.30. The highest BCUT2D eigenvalue weighted by atomic mass is 32.2. The predicted molar refractivity (Wildman–Crippen MR) is 84.6 cm³/mol. The molecule has 1 aromatic carbocycles. The van der Waals surface area contributed by atoms with Crippen molar-refractivity contribution in [3.63, 3.8) is 0 Å². The van der Waals surface area contributed by atoms with Crippen LogP contribution in [0.5, 0.6) is 0 Å². The van der Waals surface area contributed by atoms with Gasteiger partial charge in [-0.2, -0.15) is 11.8 Å². The highest BCUT2D eigenvalue weighted by Crippen LogP contribution is 2.24. The van der Waals surface area contributed by atoms with E-state index in [9.17, 15) is 8.78 Å². The molecule has 0 heterocycles. The first-order chi connectivity index (χ1) is 9.45. The summed E-state index contributed by atoms with van der Waals surface area (Å²) in [7, 11) is 1.72. The minimum absolute atomic E-state index is 0.0617. The minimum Gasteiger partial charge on any atom is -0.369 e. The molecular weight excluding hydrogens is 278 g/mol. The van der Waals surface area contributed by atoms with Gasteiger partial charge in [-0.3, -0.25) is 0 Å². The summed E-state index contributed by atoms with van der Waals surface area (Å²) in [4.78, 5) is 1.63. The van der Waals surface area contributed by atoms with E-state index in [2.05, 4.69) is 19.2 Å². The maximum absolute atomic E-state index is 14.1. The SMILES string of the molecule is CSCCN(C)c1c(F)cc(CNCC(C)C)cc1F. The average Bonchev–Trinajstić information content (AvgIpc) is 2.35. The number of nitrogens with zero attached hydrogens (tertiary/aromatic N) is 1. The zero-order valence-corrected chi connectivity index (χ0v) is 13.5. The van der Waals surface area contributed by atoms with Gasteiger partial charge >= 0.3 is 0 Å². The van der Waals surface area contributed by atoms with Crippen molar-refractivity contribution in [1.82, 2.24) is 5.32 Å². The second kappa shape index (κ2) is 8.47. The number of benzene rings is 1. The third kappa shape index (κ3) is 5.29. The van der Waals surface area contributed by atoms with Crippen molar-refractivity contribution in [3.05, 3.63) is 29.3 Å². The van der Waals surface area contributed by atoms with E-state index in [4.69, 9.17) is 0 Å². The molecule has 0 aliphatic carbocycles. The molecule has 2 nitrogen and oxygen atoms in total. The van der Waals surface area contributed by atoms with Crippen molar-refractivity contribution in [1.29, 1.82) is 0 Å². The van der Waals surface area contributed by atoms with E-state index < -0.39 is 11.6 Å². The van der Waals surface area contributed by atoms with Crippen LogP contribution in [0.4, 0.5) is 14.5 Å². The summed E-state index contributed by atoms with van der Waals surface area (Å²) in [6, 6.07) is 2.84. The summed E-state index contributed by atoms with van der Waals surface area (Å²) in [6.07, 6.45) is 1.98. The highest BCUT2D eigenvalue weighted by molar-refractivity contribution is 7.98. The summed E-state index contributed by atoms with van der Waals surface area (Å²) in [5, 5.41) is 3.19. The van der Waals surface area contributed by atoms with E-state index in [0.717, 1.165) is 12.3 Å². The second-order valence-electron chi connectivity index (χ2n) is 5.35. The maximum atomic E-state index is 14.1. The molecule has 0 radical (unpaired) electrons. The molecular formula is C15H24F2N2S. The van der Waals surface area contributed by atoms with Gasteiger partial charge in [0.2, 0.25) is 0 Å². The van der Waals surface area contributed by atoms with Gasteiger partial charge in [-0.15, -0.1) is 0 Å². The van der Waals surface area contributed by atoms with Crippen LogP contribution in [0.1, 0.15) is 19.4 Å². The van der Waals surface area contributed by atoms with Crippen LogP contribution in [-0.2, 0) is 6.54 Å². The molecule has 0 aromatic heterocycles. The number of halogens is 2. The molecule has 20 heavy (non-hydrogen) atoms. The second-order valence-corrected chi connectivity index (χ2v) is 6.33. The highest BCUT2D eigenvalue weighted by Gasteiger charge is 2.15. The van der Waals surface area contributed by atoms with E-state index in [-0.39, 0.29) is 5.69 Å². The van der Waals surface area contributed by atoms with Crippen LogP contribution in [0.2, 0.25) is 0 Å². The molecule has 0 saturated carbocycles. The van der Waals surface area contributed by atoms with E-state index >= 15 is 0 Å². The topological polar surface area (TPSA) is 15.3 Å². The molecule has 0 aliphatic heterocycles. The Bertz CT molecular complexity index is 401. The van der Waals surface area contributed by atoms with Gasteiger partial charge in [0.05, 0.1) is 0 Å². The van der Waals surface area contributed by atoms with Gasteiger partial charge in [0.25, 0.3) is 0 Å². The Balaban J connectivity index is 2.75. The van der Waals surface area contributed by atoms with Gasteiger partial charge in [0.1, 0.15) is 17.3 Å². The molecule has 0 spiro atoms. The summed E-state index contributed by atoms with van der Waals surface area (Å²) >= 11 is 1.66. The van der Waals surface area contributed by atoms with Crippen LogP contribution in [0, 0.1) is 17.6 Å². The molecule has 0 atom stereocenters. The van der Waals surface area contributed by atoms with Gasteiger partial charge in [0, 0.05) is 25.9 Å². The van der Waals surface area contributed by atoms with Crippen LogP contribution in [-0.4, -0.2) is 32.1 Å². The smallest absolute Gasteiger partial charge is 0.149 e. The van der Waals surface area contributed by atoms with Crippen LogP contribution >= 0.6 is 11.8 Å². The minimum atomic E-state index is -0.491. The molecule has 5 heteroatoms. The van der Waals surface area contributed by atoms with Gasteiger partial charge in [-0.25, -0.2) is 8.78 Å². The lowest BCUT2D eigenvalue weighted by Crippen LogP contribution is -2.23. The van der Waals surface area contributed by atoms with Gasteiger partial charge in [-0.1, -0.05) is 13.8 Å². The predicted octanol–water partition coefficient (Wildman–Crippen LogP) is 3.51. The third-order valence-electron chi connectivity index (χ3n) is 2.97. The number of rotatable bonds is 8. The first-order valence-corrected chi connectivity index (χ1v) is 8.23. The maximum Gasteiger partial charge on any atom is 0.149 e. The number of thioether (sulfide) groups is 1. The lowest BCUT2D eigenvalue weighted by atomic mass is 10.1. The Morgan fingerprint density at radius 2 is 1.85 bits per heavy atom. The molecule has 1 rings (SSSR count). The molecule has 1 N–H and O–H groups in total. The summed E-state index contributed by atoms with van der Waals surface area (Å²) in [5.74, 6) is 0.374. The molecule has 0 aliphatic rings. The zero-order chi connectivity index (χ0) is 15.1. The van der Waals surface area contributed by atoms with E-state index in [1.165, 1.54) is 12.1 Å². The van der Waals surface area contributed by atoms with Crippen molar-refractivity contribution in [2.45, 2.75) is 20.4 Å². The van der Waals surface area contributed by atoms with Crippen molar-refractivity contribution >= 4 is 17.4 Å². The number of hydrogen-bond acceptors (Lipinski definition) is 3. The number of anilines is 1. The van der Waals surface area contributed by atoms with Crippen molar-refractivity contribution in [2.24, 2.45) is 5.92 Å². The van der Waals surface area contributed by atoms with Crippen molar-refractivity contribution < 1.29 is 8.78 Å². The molecule has 114 valence electrons. The lowest BCUT2D eigenvalue weighted by Gasteiger charge is -2.20. The Labute approximate surface area is 124 Å². The first kappa shape index (κ1) is 17.2. The third-order valence-corrected chi connectivity index (χ3v) is 3.56. The molecule has 0 amide bonds. The fraction of sp³-hybridized carbons (Fsp3) is 0.600. The fourth-order valence-electron chi connectivity index (χ4n) is 1.93. The van der Waals surface area contributed by atoms with E-state index in [0.29, 0.717) is 24.6 Å². The van der Waals surface area contributed by atoms with Crippen LogP contribution in [0.3, 0.4) is 0 Å².